The number of pyridine rings is 1. The fourth-order valence-corrected chi connectivity index (χ4v) is 4.24. The first kappa shape index (κ1) is 17.4. The van der Waals surface area contributed by atoms with Crippen LogP contribution in [0.25, 0.3) is 5.69 Å². The monoisotopic (exact) mass is 390 g/mol. The van der Waals surface area contributed by atoms with Crippen molar-refractivity contribution in [3.8, 4) is 17.4 Å². The molecular formula is C16H14ClF3N2O4. The van der Waals surface area contributed by atoms with E-state index in [1.807, 2.05) is 0 Å². The maximum absolute atomic E-state index is 13.1. The minimum atomic E-state index is -4.75. The first-order valence-corrected chi connectivity index (χ1v) is 8.07. The fraction of sp³-hybridized carbons (Fsp3) is 0.438. The molecule has 3 N–H and O–H groups in total. The van der Waals surface area contributed by atoms with Crippen LogP contribution in [0.4, 0.5) is 13.2 Å². The van der Waals surface area contributed by atoms with Crippen LogP contribution in [0.5, 0.6) is 11.8 Å². The number of fused-ring (bicyclic) bond motifs is 5. The quantitative estimate of drug-likeness (QED) is 0.651. The molecule has 2 unspecified atom stereocenters. The summed E-state index contributed by atoms with van der Waals surface area (Å²) in [6.45, 7) is 3.19. The van der Waals surface area contributed by atoms with E-state index in [4.69, 9.17) is 16.3 Å². The Kier molecular flexibility index (Phi) is 3.25. The number of hydrogen-bond donors (Lipinski definition) is 3. The van der Waals surface area contributed by atoms with Gasteiger partial charge in [-0.15, -0.1) is 0 Å². The number of halogens is 4. The molecule has 2 aromatic heterocycles. The summed E-state index contributed by atoms with van der Waals surface area (Å²) >= 11 is 5.52. The Balaban J connectivity index is 1.97. The second kappa shape index (κ2) is 4.85. The number of alkyl halides is 3. The van der Waals surface area contributed by atoms with Gasteiger partial charge in [0.05, 0.1) is 40.3 Å². The van der Waals surface area contributed by atoms with E-state index in [9.17, 15) is 28.5 Å². The van der Waals surface area contributed by atoms with Gasteiger partial charge in [0, 0.05) is 6.42 Å². The molecule has 0 aromatic carbocycles. The van der Waals surface area contributed by atoms with E-state index in [1.165, 1.54) is 0 Å². The van der Waals surface area contributed by atoms with Gasteiger partial charge in [-0.25, -0.2) is 9.55 Å². The van der Waals surface area contributed by atoms with Gasteiger partial charge < -0.3 is 20.1 Å². The Labute approximate surface area is 150 Å². The zero-order valence-electron chi connectivity index (χ0n) is 13.6. The fourth-order valence-electron chi connectivity index (χ4n) is 4.03. The summed E-state index contributed by atoms with van der Waals surface area (Å²) < 4.78 is 46.0. The third kappa shape index (κ3) is 1.99. The molecule has 140 valence electrons. The molecule has 0 spiro atoms. The van der Waals surface area contributed by atoms with Crippen LogP contribution in [0.1, 0.15) is 37.0 Å². The molecule has 1 saturated heterocycles. The lowest BCUT2D eigenvalue weighted by molar-refractivity contribution is -0.137. The molecule has 2 bridgehead atoms. The third-order valence-electron chi connectivity index (χ3n) is 5.19. The molecule has 4 rings (SSSR count). The third-order valence-corrected chi connectivity index (χ3v) is 5.49. The van der Waals surface area contributed by atoms with Crippen molar-refractivity contribution in [2.45, 2.75) is 43.8 Å². The molecule has 2 aliphatic rings. The standard InChI is InChI=1S/C16H14ClF3N2O4/c1-14-4-8(23)15(2,26-14)10-9(14)12(24)22(13(10)25)6-3-7(16(18,19)20)11(17)21-5-6/h3,5,8,23-25H,4H2,1-2H3/t8-,14?,15?/m1/s1. The lowest BCUT2D eigenvalue weighted by atomic mass is 9.78. The van der Waals surface area contributed by atoms with Crippen molar-refractivity contribution < 1.29 is 33.2 Å². The molecule has 0 saturated carbocycles. The average molecular weight is 391 g/mol. The Hall–Kier alpha value is -1.97. The van der Waals surface area contributed by atoms with Crippen LogP contribution in [0.2, 0.25) is 5.15 Å². The molecule has 10 heteroatoms. The minimum absolute atomic E-state index is 0.153. The molecule has 0 amide bonds. The van der Waals surface area contributed by atoms with Crippen LogP contribution in [0.15, 0.2) is 12.3 Å². The Morgan fingerprint density at radius 2 is 1.88 bits per heavy atom. The highest BCUT2D eigenvalue weighted by molar-refractivity contribution is 6.30. The smallest absolute Gasteiger partial charge is 0.419 e. The van der Waals surface area contributed by atoms with E-state index in [1.54, 1.807) is 13.8 Å². The molecule has 1 fully saturated rings. The summed E-state index contributed by atoms with van der Waals surface area (Å²) in [6.07, 6.45) is -4.50. The Bertz CT molecular complexity index is 945. The molecule has 0 aliphatic carbocycles. The van der Waals surface area contributed by atoms with Crippen molar-refractivity contribution in [2.75, 3.05) is 0 Å². The molecule has 26 heavy (non-hydrogen) atoms. The van der Waals surface area contributed by atoms with Crippen molar-refractivity contribution in [3.05, 3.63) is 34.1 Å². The van der Waals surface area contributed by atoms with Crippen molar-refractivity contribution in [1.82, 2.24) is 9.55 Å². The number of nitrogens with zero attached hydrogens (tertiary/aromatic N) is 2. The van der Waals surface area contributed by atoms with Crippen molar-refractivity contribution in [3.63, 3.8) is 0 Å². The van der Waals surface area contributed by atoms with Gasteiger partial charge in [0.25, 0.3) is 0 Å². The number of rotatable bonds is 1. The minimum Gasteiger partial charge on any atom is -0.494 e. The van der Waals surface area contributed by atoms with E-state index >= 15 is 0 Å². The Morgan fingerprint density at radius 1 is 1.27 bits per heavy atom. The van der Waals surface area contributed by atoms with Crippen LogP contribution in [0, 0.1) is 0 Å². The van der Waals surface area contributed by atoms with Gasteiger partial charge in [0.2, 0.25) is 11.8 Å². The Morgan fingerprint density at radius 3 is 2.50 bits per heavy atom. The van der Waals surface area contributed by atoms with Crippen LogP contribution in [-0.4, -0.2) is 31.0 Å². The topological polar surface area (TPSA) is 87.7 Å². The first-order valence-electron chi connectivity index (χ1n) is 7.69. The number of aliphatic hydroxyl groups is 1. The zero-order chi connectivity index (χ0) is 19.2. The number of aromatic nitrogens is 2. The molecule has 3 atom stereocenters. The van der Waals surface area contributed by atoms with Gasteiger partial charge >= 0.3 is 6.18 Å². The lowest BCUT2D eigenvalue weighted by Crippen LogP contribution is -2.32. The van der Waals surface area contributed by atoms with Gasteiger partial charge in [-0.1, -0.05) is 11.6 Å². The van der Waals surface area contributed by atoms with Crippen LogP contribution < -0.4 is 0 Å². The van der Waals surface area contributed by atoms with E-state index in [0.717, 1.165) is 10.8 Å². The summed E-state index contributed by atoms with van der Waals surface area (Å²) in [6, 6.07) is 0.688. The maximum atomic E-state index is 13.1. The molecule has 6 nitrogen and oxygen atoms in total. The summed E-state index contributed by atoms with van der Waals surface area (Å²) in [5, 5.41) is 30.8. The second-order valence-electron chi connectivity index (χ2n) is 6.92. The zero-order valence-corrected chi connectivity index (χ0v) is 14.4. The van der Waals surface area contributed by atoms with Crippen molar-refractivity contribution >= 4 is 11.6 Å². The normalized spacial score (nSPS) is 30.0. The van der Waals surface area contributed by atoms with Crippen LogP contribution in [0.3, 0.4) is 0 Å². The highest BCUT2D eigenvalue weighted by atomic mass is 35.5. The van der Waals surface area contributed by atoms with Crippen molar-refractivity contribution in [1.29, 1.82) is 0 Å². The predicted octanol–water partition coefficient (Wildman–Crippen LogP) is 3.18. The van der Waals surface area contributed by atoms with Gasteiger partial charge in [-0.3, -0.25) is 0 Å². The highest BCUT2D eigenvalue weighted by Gasteiger charge is 2.64. The summed E-state index contributed by atoms with van der Waals surface area (Å²) in [7, 11) is 0. The number of aromatic hydroxyl groups is 2. The lowest BCUT2D eigenvalue weighted by Gasteiger charge is -2.25. The molecular weight excluding hydrogens is 377 g/mol. The number of hydrogen-bond acceptors (Lipinski definition) is 5. The summed E-state index contributed by atoms with van der Waals surface area (Å²) in [5.41, 5.74) is -3.36. The van der Waals surface area contributed by atoms with E-state index in [0.29, 0.717) is 6.07 Å². The average Bonchev–Trinajstić information content (AvgIpc) is 3.01. The predicted molar refractivity (Wildman–Crippen MR) is 83.3 cm³/mol. The summed E-state index contributed by atoms with van der Waals surface area (Å²) in [4.78, 5) is 3.51. The second-order valence-corrected chi connectivity index (χ2v) is 7.28. The van der Waals surface area contributed by atoms with Crippen molar-refractivity contribution in [2.24, 2.45) is 0 Å². The first-order chi connectivity index (χ1) is 11.9. The SMILES string of the molecule is CC12C[C@@H](O)C(C)(O1)c1c2c(O)n(-c2cnc(Cl)c(C(F)(F)F)c2)c1O. The van der Waals surface area contributed by atoms with Gasteiger partial charge in [-0.05, 0) is 19.9 Å². The van der Waals surface area contributed by atoms with Gasteiger partial charge in [0.1, 0.15) is 10.8 Å². The van der Waals surface area contributed by atoms with Crippen LogP contribution >= 0.6 is 11.6 Å². The van der Waals surface area contributed by atoms with E-state index in [-0.39, 0.29) is 23.2 Å². The summed E-state index contributed by atoms with van der Waals surface area (Å²) in [5.74, 6) is -0.979. The largest absolute Gasteiger partial charge is 0.494 e. The van der Waals surface area contributed by atoms with Crippen LogP contribution in [-0.2, 0) is 22.1 Å². The molecule has 2 aromatic rings. The van der Waals surface area contributed by atoms with E-state index in [2.05, 4.69) is 4.98 Å². The number of aliphatic hydroxyl groups excluding tert-OH is 1. The van der Waals surface area contributed by atoms with Gasteiger partial charge in [-0.2, -0.15) is 13.2 Å². The maximum Gasteiger partial charge on any atom is 0.419 e. The number of ether oxygens (including phenoxy) is 1. The molecule has 4 heterocycles. The molecule has 0 radical (unpaired) electrons. The molecule has 2 aliphatic heterocycles. The van der Waals surface area contributed by atoms with E-state index < -0.39 is 46.0 Å². The highest BCUT2D eigenvalue weighted by Crippen LogP contribution is 2.64. The van der Waals surface area contributed by atoms with Gasteiger partial charge in [0.15, 0.2) is 0 Å².